The Morgan fingerprint density at radius 1 is 1.30 bits per heavy atom. The van der Waals surface area contributed by atoms with E-state index in [1.165, 1.54) is 0 Å². The molecule has 0 aliphatic heterocycles. The van der Waals surface area contributed by atoms with Crippen LogP contribution >= 0.6 is 38.9 Å². The van der Waals surface area contributed by atoms with Gasteiger partial charge in [-0.1, -0.05) is 11.3 Å². The molecule has 102 valence electrons. The maximum Gasteiger partial charge on any atom is 0.323 e. The van der Waals surface area contributed by atoms with Gasteiger partial charge in [-0.3, -0.25) is 4.79 Å². The number of H-pyrrole nitrogens is 2. The number of aromatic amines is 2. The molecule has 7 nitrogen and oxygen atoms in total. The molecule has 3 rings (SSSR count). The van der Waals surface area contributed by atoms with E-state index in [9.17, 15) is 9.59 Å². The smallest absolute Gasteiger partial charge is 0.319 e. The Labute approximate surface area is 128 Å². The number of amides is 1. The molecule has 3 N–H and O–H groups in total. The molecule has 2 heterocycles. The van der Waals surface area contributed by atoms with E-state index in [2.05, 4.69) is 41.4 Å². The number of hydrogen-bond acceptors (Lipinski definition) is 5. The second-order valence-corrected chi connectivity index (χ2v) is 6.19. The van der Waals surface area contributed by atoms with Gasteiger partial charge >= 0.3 is 5.69 Å². The Morgan fingerprint density at radius 3 is 2.65 bits per heavy atom. The van der Waals surface area contributed by atoms with Crippen LogP contribution in [0.15, 0.2) is 21.4 Å². The molecular weight excluding hydrogens is 370 g/mol. The molecule has 0 bridgehead atoms. The minimum absolute atomic E-state index is 0.157. The minimum Gasteiger partial charge on any atom is -0.319 e. The Bertz CT molecular complexity index is 870. The second kappa shape index (κ2) is 5.00. The molecule has 0 unspecified atom stereocenters. The molecule has 0 aliphatic rings. The van der Waals surface area contributed by atoms with Gasteiger partial charge in [0.1, 0.15) is 0 Å². The Morgan fingerprint density at radius 2 is 2.00 bits per heavy atom. The number of imidazole rings is 1. The summed E-state index contributed by atoms with van der Waals surface area (Å²) in [6.07, 6.45) is 0. The summed E-state index contributed by atoms with van der Waals surface area (Å²) in [4.78, 5) is 28.4. The van der Waals surface area contributed by atoms with Crippen LogP contribution in [0.25, 0.3) is 11.0 Å². The van der Waals surface area contributed by atoms with Crippen molar-refractivity contribution in [3.63, 3.8) is 0 Å². The van der Waals surface area contributed by atoms with Crippen LogP contribution in [-0.2, 0) is 0 Å². The molecule has 0 fully saturated rings. The van der Waals surface area contributed by atoms with E-state index in [4.69, 9.17) is 11.6 Å². The van der Waals surface area contributed by atoms with Crippen LogP contribution in [0.1, 0.15) is 9.80 Å². The summed E-state index contributed by atoms with van der Waals surface area (Å²) < 4.78 is 0.823. The normalized spacial score (nSPS) is 10.9. The number of aromatic nitrogens is 4. The van der Waals surface area contributed by atoms with Crippen LogP contribution in [0, 0.1) is 0 Å². The lowest BCUT2D eigenvalue weighted by Crippen LogP contribution is -2.12. The summed E-state index contributed by atoms with van der Waals surface area (Å²) in [7, 11) is 0. The largest absolute Gasteiger partial charge is 0.323 e. The van der Waals surface area contributed by atoms with Crippen LogP contribution < -0.4 is 11.0 Å². The van der Waals surface area contributed by atoms with Crippen molar-refractivity contribution < 1.29 is 4.79 Å². The Balaban J connectivity index is 1.95. The number of nitrogens with one attached hydrogen (secondary N) is 3. The van der Waals surface area contributed by atoms with Crippen LogP contribution in [0.4, 0.5) is 5.69 Å². The average molecular weight is 375 g/mol. The molecule has 0 spiro atoms. The topological polar surface area (TPSA) is 104 Å². The van der Waals surface area contributed by atoms with E-state index in [-0.39, 0.29) is 15.2 Å². The zero-order valence-corrected chi connectivity index (χ0v) is 12.7. The van der Waals surface area contributed by atoms with E-state index in [0.29, 0.717) is 21.2 Å². The first-order valence-electron chi connectivity index (χ1n) is 5.25. The lowest BCUT2D eigenvalue weighted by molar-refractivity contribution is 0.102. The summed E-state index contributed by atoms with van der Waals surface area (Å²) in [5, 5.41) is 10.0. The van der Waals surface area contributed by atoms with Crippen molar-refractivity contribution in [1.82, 2.24) is 20.2 Å². The molecule has 1 aromatic carbocycles. The summed E-state index contributed by atoms with van der Waals surface area (Å²) in [5.74, 6) is -0.424. The van der Waals surface area contributed by atoms with E-state index < -0.39 is 5.91 Å². The Kier molecular flexibility index (Phi) is 3.32. The number of halogens is 2. The number of carbonyl (C=O) groups is 1. The van der Waals surface area contributed by atoms with Crippen LogP contribution in [-0.4, -0.2) is 26.1 Å². The highest BCUT2D eigenvalue weighted by atomic mass is 79.9. The van der Waals surface area contributed by atoms with Crippen molar-refractivity contribution in [3.05, 3.63) is 36.6 Å². The fraction of sp³-hybridized carbons (Fsp3) is 0. The number of nitrogens with zero attached hydrogens (tertiary/aromatic N) is 2. The fourth-order valence-electron chi connectivity index (χ4n) is 1.62. The predicted molar refractivity (Wildman–Crippen MR) is 79.5 cm³/mol. The molecule has 0 atom stereocenters. The fourth-order valence-corrected chi connectivity index (χ4v) is 2.79. The van der Waals surface area contributed by atoms with Crippen LogP contribution in [0.5, 0.6) is 0 Å². The van der Waals surface area contributed by atoms with Gasteiger partial charge in [-0.05, 0) is 39.7 Å². The summed E-state index contributed by atoms with van der Waals surface area (Å²) in [6.45, 7) is 0. The molecule has 0 aliphatic carbocycles. The third kappa shape index (κ3) is 2.47. The van der Waals surface area contributed by atoms with Crippen molar-refractivity contribution in [3.8, 4) is 0 Å². The molecule has 0 saturated carbocycles. The SMILES string of the molecule is O=C(Nc1cc2[nH]c(=O)[nH]c2cc1Br)c1nnc(Cl)s1. The van der Waals surface area contributed by atoms with Crippen molar-refractivity contribution >= 4 is 61.5 Å². The molecular formula is C10H5BrClN5O2S. The van der Waals surface area contributed by atoms with Crippen molar-refractivity contribution in [2.45, 2.75) is 0 Å². The molecule has 0 saturated heterocycles. The third-order valence-electron chi connectivity index (χ3n) is 2.45. The predicted octanol–water partition coefficient (Wildman–Crippen LogP) is 2.38. The zero-order chi connectivity index (χ0) is 14.3. The molecule has 20 heavy (non-hydrogen) atoms. The number of carbonyl (C=O) groups excluding carboxylic acids is 1. The minimum atomic E-state index is -0.424. The molecule has 2 aromatic heterocycles. The van der Waals surface area contributed by atoms with Gasteiger partial charge in [0.2, 0.25) is 9.47 Å². The highest BCUT2D eigenvalue weighted by Crippen LogP contribution is 2.27. The monoisotopic (exact) mass is 373 g/mol. The lowest BCUT2D eigenvalue weighted by atomic mass is 10.2. The van der Waals surface area contributed by atoms with Crippen molar-refractivity contribution in [2.24, 2.45) is 0 Å². The first kappa shape index (κ1) is 13.3. The van der Waals surface area contributed by atoms with Crippen LogP contribution in [0.2, 0.25) is 4.47 Å². The highest BCUT2D eigenvalue weighted by Gasteiger charge is 2.14. The summed E-state index contributed by atoms with van der Waals surface area (Å²) in [5.41, 5.74) is 1.41. The summed E-state index contributed by atoms with van der Waals surface area (Å²) >= 11 is 9.94. The van der Waals surface area contributed by atoms with Gasteiger partial charge in [-0.15, -0.1) is 10.2 Å². The first-order valence-corrected chi connectivity index (χ1v) is 7.23. The maximum absolute atomic E-state index is 12.0. The highest BCUT2D eigenvalue weighted by molar-refractivity contribution is 9.10. The molecule has 1 amide bonds. The van der Waals surface area contributed by atoms with E-state index in [0.717, 1.165) is 11.3 Å². The zero-order valence-electron chi connectivity index (χ0n) is 9.53. The van der Waals surface area contributed by atoms with Gasteiger partial charge in [0.05, 0.1) is 16.7 Å². The number of anilines is 1. The number of rotatable bonds is 2. The number of fused-ring (bicyclic) bond motifs is 1. The van der Waals surface area contributed by atoms with Gasteiger partial charge < -0.3 is 15.3 Å². The second-order valence-electron chi connectivity index (χ2n) is 3.77. The average Bonchev–Trinajstić information content (AvgIpc) is 2.95. The molecule has 3 aromatic rings. The standard InChI is InChI=1S/C10H5BrClN5O2S/c11-3-1-5-6(15-10(19)14-5)2-4(3)13-7(18)8-16-17-9(12)20-8/h1-2H,(H,13,18)(H2,14,15,19). The van der Waals surface area contributed by atoms with Gasteiger partial charge in [0.15, 0.2) is 0 Å². The molecule has 10 heteroatoms. The number of benzene rings is 1. The first-order chi connectivity index (χ1) is 9.52. The maximum atomic E-state index is 12.0. The van der Waals surface area contributed by atoms with Gasteiger partial charge in [0, 0.05) is 4.47 Å². The van der Waals surface area contributed by atoms with E-state index in [1.54, 1.807) is 12.1 Å². The van der Waals surface area contributed by atoms with Gasteiger partial charge in [-0.25, -0.2) is 4.79 Å². The Hall–Kier alpha value is -1.71. The van der Waals surface area contributed by atoms with Gasteiger partial charge in [0.25, 0.3) is 5.91 Å². The van der Waals surface area contributed by atoms with E-state index in [1.807, 2.05) is 0 Å². The van der Waals surface area contributed by atoms with Crippen molar-refractivity contribution in [1.29, 1.82) is 0 Å². The summed E-state index contributed by atoms with van der Waals surface area (Å²) in [6, 6.07) is 3.33. The third-order valence-corrected chi connectivity index (χ3v) is 4.12. The lowest BCUT2D eigenvalue weighted by Gasteiger charge is -2.05. The van der Waals surface area contributed by atoms with E-state index >= 15 is 0 Å². The molecule has 0 radical (unpaired) electrons. The van der Waals surface area contributed by atoms with Gasteiger partial charge in [-0.2, -0.15) is 0 Å². The van der Waals surface area contributed by atoms with Crippen LogP contribution in [0.3, 0.4) is 0 Å². The number of hydrogen-bond donors (Lipinski definition) is 3. The quantitative estimate of drug-likeness (QED) is 0.640. The van der Waals surface area contributed by atoms with Crippen molar-refractivity contribution in [2.75, 3.05) is 5.32 Å².